The van der Waals surface area contributed by atoms with E-state index in [9.17, 15) is 9.90 Å². The average Bonchev–Trinajstić information content (AvgIpc) is 3.17. The number of amides is 1. The molecule has 1 aliphatic heterocycles. The van der Waals surface area contributed by atoms with Crippen LogP contribution in [0.3, 0.4) is 0 Å². The number of carbonyl (C=O) groups is 1. The molecule has 0 spiro atoms. The van der Waals surface area contributed by atoms with E-state index >= 15 is 0 Å². The lowest BCUT2D eigenvalue weighted by atomic mass is 10.0. The SMILES string of the molecule is CC(C)c1ccc(-n2cc(O)c(C(=O)NC3=NCCS3)n2)cc1. The van der Waals surface area contributed by atoms with E-state index in [1.54, 1.807) is 0 Å². The lowest BCUT2D eigenvalue weighted by molar-refractivity contribution is 0.0970. The number of carbonyl (C=O) groups excluding carboxylic acids is 1. The van der Waals surface area contributed by atoms with Crippen molar-refractivity contribution in [2.24, 2.45) is 4.99 Å². The Morgan fingerprint density at radius 3 is 2.70 bits per heavy atom. The number of nitrogens with one attached hydrogen (secondary N) is 1. The van der Waals surface area contributed by atoms with Gasteiger partial charge < -0.3 is 5.11 Å². The number of hydrogen-bond acceptors (Lipinski definition) is 5. The smallest absolute Gasteiger partial charge is 0.281 e. The number of hydrogen-bond donors (Lipinski definition) is 2. The molecule has 0 saturated heterocycles. The lowest BCUT2D eigenvalue weighted by Gasteiger charge is -2.06. The second-order valence-corrected chi connectivity index (χ2v) is 6.63. The summed E-state index contributed by atoms with van der Waals surface area (Å²) in [5.74, 6) is 0.700. The number of nitrogens with zero attached hydrogens (tertiary/aromatic N) is 3. The Morgan fingerprint density at radius 1 is 1.35 bits per heavy atom. The van der Waals surface area contributed by atoms with E-state index < -0.39 is 5.91 Å². The zero-order chi connectivity index (χ0) is 16.4. The van der Waals surface area contributed by atoms with Gasteiger partial charge in [0.2, 0.25) is 0 Å². The second-order valence-electron chi connectivity index (χ2n) is 5.54. The number of aromatic nitrogens is 2. The third-order valence-electron chi connectivity index (χ3n) is 3.54. The predicted molar refractivity (Wildman–Crippen MR) is 91.5 cm³/mol. The number of thioether (sulfide) groups is 1. The van der Waals surface area contributed by atoms with Gasteiger partial charge in [-0.15, -0.1) is 0 Å². The van der Waals surface area contributed by atoms with E-state index in [0.29, 0.717) is 17.6 Å². The fraction of sp³-hybridized carbons (Fsp3) is 0.312. The van der Waals surface area contributed by atoms with Gasteiger partial charge in [-0.3, -0.25) is 15.1 Å². The second kappa shape index (κ2) is 6.45. The number of aliphatic imine (C=N–C) groups is 1. The molecular formula is C16H18N4O2S. The zero-order valence-corrected chi connectivity index (χ0v) is 13.8. The molecule has 0 fully saturated rings. The molecule has 120 valence electrons. The van der Waals surface area contributed by atoms with Crippen LogP contribution in [0.1, 0.15) is 35.8 Å². The minimum Gasteiger partial charge on any atom is -0.504 e. The Hall–Kier alpha value is -2.28. The van der Waals surface area contributed by atoms with Crippen molar-refractivity contribution in [2.75, 3.05) is 12.3 Å². The minimum absolute atomic E-state index is 0.00636. The summed E-state index contributed by atoms with van der Waals surface area (Å²) < 4.78 is 1.50. The van der Waals surface area contributed by atoms with Crippen LogP contribution in [0.4, 0.5) is 0 Å². The molecule has 0 aliphatic carbocycles. The normalized spacial score (nSPS) is 14.1. The fourth-order valence-electron chi connectivity index (χ4n) is 2.24. The van der Waals surface area contributed by atoms with E-state index in [2.05, 4.69) is 29.3 Å². The Bertz CT molecular complexity index is 750. The molecule has 3 rings (SSSR count). The molecule has 1 aromatic carbocycles. The molecule has 1 aromatic heterocycles. The van der Waals surface area contributed by atoms with Crippen molar-refractivity contribution in [3.05, 3.63) is 41.7 Å². The quantitative estimate of drug-likeness (QED) is 0.906. The minimum atomic E-state index is -0.451. The summed E-state index contributed by atoms with van der Waals surface area (Å²) in [6.07, 6.45) is 1.43. The van der Waals surface area contributed by atoms with E-state index in [-0.39, 0.29) is 11.4 Å². The van der Waals surface area contributed by atoms with Crippen molar-refractivity contribution >= 4 is 22.8 Å². The maximum absolute atomic E-state index is 12.2. The highest BCUT2D eigenvalue weighted by molar-refractivity contribution is 8.14. The molecule has 0 radical (unpaired) electrons. The van der Waals surface area contributed by atoms with Crippen molar-refractivity contribution < 1.29 is 9.90 Å². The molecule has 7 heteroatoms. The predicted octanol–water partition coefficient (Wildman–Crippen LogP) is 2.53. The Morgan fingerprint density at radius 2 is 2.09 bits per heavy atom. The van der Waals surface area contributed by atoms with Crippen molar-refractivity contribution in [3.8, 4) is 11.4 Å². The van der Waals surface area contributed by atoms with E-state index in [0.717, 1.165) is 11.4 Å². The molecule has 0 bridgehead atoms. The summed E-state index contributed by atoms with van der Waals surface area (Å²) in [5, 5.41) is 17.4. The van der Waals surface area contributed by atoms with Crippen molar-refractivity contribution in [1.29, 1.82) is 0 Å². The number of benzene rings is 1. The van der Waals surface area contributed by atoms with Crippen LogP contribution in [-0.2, 0) is 0 Å². The largest absolute Gasteiger partial charge is 0.504 e. The van der Waals surface area contributed by atoms with Gasteiger partial charge in [0, 0.05) is 5.75 Å². The number of rotatable bonds is 3. The van der Waals surface area contributed by atoms with Crippen molar-refractivity contribution in [3.63, 3.8) is 0 Å². The number of amidine groups is 1. The standard InChI is InChI=1S/C16H18N4O2S/c1-10(2)11-3-5-12(6-4-11)20-9-13(21)14(19-20)15(22)18-16-17-7-8-23-16/h3-6,9-10,21H,7-8H2,1-2H3,(H,17,18,22). The van der Waals surface area contributed by atoms with Crippen LogP contribution in [0.2, 0.25) is 0 Å². The highest BCUT2D eigenvalue weighted by atomic mass is 32.2. The summed E-state index contributed by atoms with van der Waals surface area (Å²) in [6, 6.07) is 7.87. The van der Waals surface area contributed by atoms with Crippen molar-refractivity contribution in [2.45, 2.75) is 19.8 Å². The van der Waals surface area contributed by atoms with Gasteiger partial charge in [-0.05, 0) is 23.6 Å². The first-order valence-corrected chi connectivity index (χ1v) is 8.40. The Balaban J connectivity index is 1.81. The van der Waals surface area contributed by atoms with Gasteiger partial charge in [0.15, 0.2) is 16.6 Å². The fourth-order valence-corrected chi connectivity index (χ4v) is 2.96. The third-order valence-corrected chi connectivity index (χ3v) is 4.43. The lowest BCUT2D eigenvalue weighted by Crippen LogP contribution is -2.27. The highest BCUT2D eigenvalue weighted by Gasteiger charge is 2.20. The van der Waals surface area contributed by atoms with Gasteiger partial charge in [-0.25, -0.2) is 4.68 Å². The van der Waals surface area contributed by atoms with Crippen molar-refractivity contribution in [1.82, 2.24) is 15.1 Å². The molecular weight excluding hydrogens is 312 g/mol. The molecule has 6 nitrogen and oxygen atoms in total. The van der Waals surface area contributed by atoms with Crippen LogP contribution in [0.25, 0.3) is 5.69 Å². The maximum atomic E-state index is 12.2. The first-order chi connectivity index (χ1) is 11.0. The monoisotopic (exact) mass is 330 g/mol. The summed E-state index contributed by atoms with van der Waals surface area (Å²) >= 11 is 1.48. The molecule has 0 saturated carbocycles. The first-order valence-electron chi connectivity index (χ1n) is 7.42. The van der Waals surface area contributed by atoms with Gasteiger partial charge in [0.05, 0.1) is 18.4 Å². The van der Waals surface area contributed by atoms with Crippen LogP contribution in [0.5, 0.6) is 5.75 Å². The first kappa shape index (κ1) is 15.6. The third kappa shape index (κ3) is 3.39. The molecule has 2 N–H and O–H groups in total. The van der Waals surface area contributed by atoms with E-state index in [4.69, 9.17) is 0 Å². The van der Waals surface area contributed by atoms with Gasteiger partial charge in [-0.1, -0.05) is 37.7 Å². The van der Waals surface area contributed by atoms with Gasteiger partial charge in [0.25, 0.3) is 5.91 Å². The zero-order valence-electron chi connectivity index (χ0n) is 13.0. The number of aromatic hydroxyl groups is 1. The van der Waals surface area contributed by atoms with Gasteiger partial charge in [0.1, 0.15) is 0 Å². The highest BCUT2D eigenvalue weighted by Crippen LogP contribution is 2.21. The molecule has 1 amide bonds. The summed E-state index contributed by atoms with van der Waals surface area (Å²) in [4.78, 5) is 16.3. The van der Waals surface area contributed by atoms with Crippen LogP contribution in [0.15, 0.2) is 35.5 Å². The molecule has 23 heavy (non-hydrogen) atoms. The van der Waals surface area contributed by atoms with Crippen LogP contribution in [0, 0.1) is 0 Å². The Kier molecular flexibility index (Phi) is 4.38. The summed E-state index contributed by atoms with van der Waals surface area (Å²) in [5.41, 5.74) is 2.00. The van der Waals surface area contributed by atoms with E-state index in [1.807, 2.05) is 24.3 Å². The van der Waals surface area contributed by atoms with Crippen LogP contribution >= 0.6 is 11.8 Å². The Labute approximate surface area is 138 Å². The molecule has 0 atom stereocenters. The van der Waals surface area contributed by atoms with E-state index in [1.165, 1.54) is 28.2 Å². The molecule has 2 heterocycles. The van der Waals surface area contributed by atoms with Gasteiger partial charge in [-0.2, -0.15) is 5.10 Å². The van der Waals surface area contributed by atoms with Crippen LogP contribution in [-0.4, -0.2) is 38.3 Å². The molecule has 2 aromatic rings. The van der Waals surface area contributed by atoms with Gasteiger partial charge >= 0.3 is 0 Å². The topological polar surface area (TPSA) is 79.5 Å². The average molecular weight is 330 g/mol. The van der Waals surface area contributed by atoms with Crippen LogP contribution < -0.4 is 5.32 Å². The summed E-state index contributed by atoms with van der Waals surface area (Å²) in [7, 11) is 0. The molecule has 0 unspecified atom stereocenters. The summed E-state index contributed by atoms with van der Waals surface area (Å²) in [6.45, 7) is 4.95. The maximum Gasteiger partial charge on any atom is 0.281 e. The molecule has 1 aliphatic rings.